The van der Waals surface area contributed by atoms with Gasteiger partial charge in [-0.1, -0.05) is 41.9 Å². The zero-order valence-corrected chi connectivity index (χ0v) is 34.5. The van der Waals surface area contributed by atoms with E-state index in [4.69, 9.17) is 35.7 Å². The fourth-order valence-electron chi connectivity index (χ4n) is 8.94. The number of carbonyl (C=O) groups excluding carboxylic acids is 1. The second-order valence-electron chi connectivity index (χ2n) is 16.4. The van der Waals surface area contributed by atoms with Crippen molar-refractivity contribution < 1.29 is 32.4 Å². The Morgan fingerprint density at radius 1 is 1.08 bits per heavy atom. The van der Waals surface area contributed by atoms with Crippen LogP contribution in [0, 0.1) is 23.0 Å². The SMILES string of the molecule is COc1nc(-c2cccc(-c3cccc(-c4nc5cc6c(c([N+](=O)[O-])c5o4)CC[C@H]6N4CC[C@@H](C(=O)NS(=O)(=O)C5(C)CC5)C4)c3Cl)c2C)cnc1CN1CC[C@@H](O)C1. The molecule has 3 atom stereocenters. The highest BCUT2D eigenvalue weighted by molar-refractivity contribution is 7.91. The van der Waals surface area contributed by atoms with Crippen LogP contribution in [-0.4, -0.2) is 93.2 Å². The average Bonchev–Trinajstić information content (AvgIpc) is 3.66. The van der Waals surface area contributed by atoms with E-state index >= 15 is 0 Å². The first-order valence-corrected chi connectivity index (χ1v) is 21.7. The molecule has 0 spiro atoms. The Morgan fingerprint density at radius 3 is 2.54 bits per heavy atom. The van der Waals surface area contributed by atoms with Gasteiger partial charge in [0, 0.05) is 48.9 Å². The molecule has 5 aromatic rings. The van der Waals surface area contributed by atoms with Crippen molar-refractivity contribution in [2.45, 2.75) is 75.8 Å². The number of nitrogens with one attached hydrogen (secondary N) is 1. The standard InChI is InChI=1S/C42H44ClN7O8S/c1-23-26(6-4-7-27(23)33-19-44-34(41(46-33)57-3)22-48-16-13-25(51)21-48)28-8-5-9-30(36(28)43)40-45-32-18-31-29(37(50(53)54)38(32)58-40)10-11-35(31)49-17-12-24(20-49)39(52)47-59(55,56)42(2)14-15-42/h4-9,18-19,24-25,35,51H,10-17,20-22H2,1-3H3,(H,47,52)/t24-,25-,35-/m1/s1. The minimum absolute atomic E-state index is 0.0679. The number of likely N-dealkylation sites (tertiary alicyclic amines) is 2. The van der Waals surface area contributed by atoms with E-state index in [0.29, 0.717) is 103 Å². The lowest BCUT2D eigenvalue weighted by Gasteiger charge is -2.24. The van der Waals surface area contributed by atoms with Gasteiger partial charge in [-0.05, 0) is 87.7 Å². The summed E-state index contributed by atoms with van der Waals surface area (Å²) in [5, 5.41) is 23.0. The number of β-amino-alcohol motifs (C(OH)–C–C–N with tert-alkyl or cyclic N) is 1. The topological polar surface area (TPSA) is 194 Å². The number of hydrogen-bond donors (Lipinski definition) is 2. The van der Waals surface area contributed by atoms with E-state index in [9.17, 15) is 28.4 Å². The first-order valence-electron chi connectivity index (χ1n) is 19.9. The molecule has 2 saturated heterocycles. The average molecular weight is 842 g/mol. The maximum Gasteiger partial charge on any atom is 0.317 e. The van der Waals surface area contributed by atoms with Crippen LogP contribution < -0.4 is 9.46 Å². The van der Waals surface area contributed by atoms with Gasteiger partial charge in [-0.15, -0.1) is 0 Å². The van der Waals surface area contributed by atoms with Crippen LogP contribution in [-0.2, 0) is 27.8 Å². The number of aromatic nitrogens is 3. The van der Waals surface area contributed by atoms with Crippen LogP contribution in [0.2, 0.25) is 5.02 Å². The summed E-state index contributed by atoms with van der Waals surface area (Å²) in [5.74, 6) is -0.450. The second kappa shape index (κ2) is 14.9. The van der Waals surface area contributed by atoms with Crippen molar-refractivity contribution in [1.82, 2.24) is 29.5 Å². The quantitative estimate of drug-likeness (QED) is 0.110. The van der Waals surface area contributed by atoms with Gasteiger partial charge in [0.05, 0.1) is 51.3 Å². The van der Waals surface area contributed by atoms with Crippen molar-refractivity contribution in [1.29, 1.82) is 0 Å². The number of nitrogens with zero attached hydrogens (tertiary/aromatic N) is 6. The van der Waals surface area contributed by atoms with Crippen LogP contribution in [0.3, 0.4) is 0 Å². The molecular formula is C42H44ClN7O8S. The van der Waals surface area contributed by atoms with Gasteiger partial charge in [0.2, 0.25) is 33.3 Å². The molecule has 1 saturated carbocycles. The lowest BCUT2D eigenvalue weighted by atomic mass is 9.94. The molecule has 1 amide bonds. The fraction of sp³-hybridized carbons (Fsp3) is 0.429. The Kier molecular flexibility index (Phi) is 9.98. The first kappa shape index (κ1) is 39.5. The Labute approximate surface area is 346 Å². The molecular weight excluding hydrogens is 798 g/mol. The van der Waals surface area contributed by atoms with Crippen LogP contribution in [0.4, 0.5) is 5.69 Å². The van der Waals surface area contributed by atoms with E-state index < -0.39 is 31.5 Å². The molecule has 0 radical (unpaired) electrons. The van der Waals surface area contributed by atoms with Crippen molar-refractivity contribution in [3.8, 4) is 39.7 Å². The van der Waals surface area contributed by atoms with Crippen molar-refractivity contribution in [3.05, 3.63) is 86.2 Å². The van der Waals surface area contributed by atoms with Crippen molar-refractivity contribution in [3.63, 3.8) is 0 Å². The van der Waals surface area contributed by atoms with Crippen LogP contribution in [0.1, 0.15) is 67.5 Å². The highest BCUT2D eigenvalue weighted by Gasteiger charge is 2.51. The number of sulfonamides is 1. The Balaban J connectivity index is 1.000. The molecule has 2 N–H and O–H groups in total. The summed E-state index contributed by atoms with van der Waals surface area (Å²) in [6.45, 7) is 6.39. The number of halogens is 1. The highest BCUT2D eigenvalue weighted by Crippen LogP contribution is 2.48. The molecule has 308 valence electrons. The van der Waals surface area contributed by atoms with Gasteiger partial charge >= 0.3 is 5.69 Å². The van der Waals surface area contributed by atoms with Gasteiger partial charge in [0.25, 0.3) is 0 Å². The van der Waals surface area contributed by atoms with E-state index in [2.05, 4.69) is 14.5 Å². The van der Waals surface area contributed by atoms with Gasteiger partial charge in [-0.2, -0.15) is 0 Å². The summed E-state index contributed by atoms with van der Waals surface area (Å²) in [6.07, 6.45) is 4.70. The molecule has 59 heavy (non-hydrogen) atoms. The summed E-state index contributed by atoms with van der Waals surface area (Å²) in [7, 11) is -2.19. The molecule has 2 aliphatic heterocycles. The number of nitro groups is 1. The van der Waals surface area contributed by atoms with Crippen molar-refractivity contribution >= 4 is 44.3 Å². The third-order valence-electron chi connectivity index (χ3n) is 12.6. The van der Waals surface area contributed by atoms with Gasteiger partial charge in [-0.25, -0.2) is 18.4 Å². The van der Waals surface area contributed by atoms with E-state index in [1.807, 2.05) is 43.3 Å². The van der Waals surface area contributed by atoms with Crippen molar-refractivity contribution in [2.24, 2.45) is 5.92 Å². The largest absolute Gasteiger partial charge is 0.480 e. The van der Waals surface area contributed by atoms with Gasteiger partial charge in [-0.3, -0.25) is 34.4 Å². The minimum Gasteiger partial charge on any atom is -0.480 e. The number of benzene rings is 3. The maximum absolute atomic E-state index is 13.1. The number of hydrogen-bond acceptors (Lipinski definition) is 13. The second-order valence-corrected chi connectivity index (χ2v) is 19.0. The molecule has 0 unspecified atom stereocenters. The summed E-state index contributed by atoms with van der Waals surface area (Å²) in [6, 6.07) is 13.0. The summed E-state index contributed by atoms with van der Waals surface area (Å²) in [5.41, 5.74) is 6.66. The lowest BCUT2D eigenvalue weighted by molar-refractivity contribution is -0.384. The number of carbonyl (C=O) groups is 1. The molecule has 4 aliphatic rings. The molecule has 0 bridgehead atoms. The third kappa shape index (κ3) is 7.03. The molecule has 3 fully saturated rings. The maximum atomic E-state index is 13.1. The number of amides is 1. The lowest BCUT2D eigenvalue weighted by Crippen LogP contribution is -2.42. The van der Waals surface area contributed by atoms with E-state index in [1.54, 1.807) is 26.3 Å². The number of aliphatic hydroxyl groups excluding tert-OH is 1. The van der Waals surface area contributed by atoms with Gasteiger partial charge in [0.15, 0.2) is 0 Å². The highest BCUT2D eigenvalue weighted by atomic mass is 35.5. The number of aliphatic hydroxyl groups is 1. The van der Waals surface area contributed by atoms with Crippen LogP contribution >= 0.6 is 11.6 Å². The Morgan fingerprint density at radius 2 is 1.83 bits per heavy atom. The molecule has 15 nitrogen and oxygen atoms in total. The number of rotatable bonds is 11. The van der Waals surface area contributed by atoms with E-state index in [-0.39, 0.29) is 29.3 Å². The zero-order chi connectivity index (χ0) is 41.4. The first-order chi connectivity index (χ1) is 28.2. The number of ether oxygens (including phenoxy) is 1. The summed E-state index contributed by atoms with van der Waals surface area (Å²) >= 11 is 7.17. The normalized spacial score (nSPS) is 21.5. The molecule has 2 aromatic heterocycles. The predicted octanol–water partition coefficient (Wildman–Crippen LogP) is 6.37. The monoisotopic (exact) mass is 841 g/mol. The molecule has 3 aromatic carbocycles. The summed E-state index contributed by atoms with van der Waals surface area (Å²) in [4.78, 5) is 43.9. The fourth-order valence-corrected chi connectivity index (χ4v) is 10.6. The molecule has 2 aliphatic carbocycles. The zero-order valence-electron chi connectivity index (χ0n) is 32.9. The van der Waals surface area contributed by atoms with Crippen molar-refractivity contribution in [2.75, 3.05) is 33.3 Å². The van der Waals surface area contributed by atoms with Crippen LogP contribution in [0.15, 0.2) is 53.1 Å². The number of nitro benzene ring substituents is 1. The number of oxazole rings is 1. The molecule has 17 heteroatoms. The third-order valence-corrected chi connectivity index (χ3v) is 15.2. The predicted molar refractivity (Wildman–Crippen MR) is 220 cm³/mol. The van der Waals surface area contributed by atoms with Gasteiger partial charge in [0.1, 0.15) is 11.2 Å². The van der Waals surface area contributed by atoms with Gasteiger partial charge < -0.3 is 14.3 Å². The van der Waals surface area contributed by atoms with E-state index in [0.717, 1.165) is 35.2 Å². The van der Waals surface area contributed by atoms with Crippen LogP contribution in [0.5, 0.6) is 5.88 Å². The Bertz CT molecular complexity index is 2650. The van der Waals surface area contributed by atoms with Crippen LogP contribution in [0.25, 0.3) is 44.9 Å². The smallest absolute Gasteiger partial charge is 0.317 e. The number of fused-ring (bicyclic) bond motifs is 2. The number of methoxy groups -OCH3 is 1. The summed E-state index contributed by atoms with van der Waals surface area (Å²) < 4.78 is 38.8. The van der Waals surface area contributed by atoms with E-state index in [1.165, 1.54) is 0 Å². The molecule has 9 rings (SSSR count). The minimum atomic E-state index is -3.75. The molecule has 4 heterocycles. The Hall–Kier alpha value is -5.00.